The van der Waals surface area contributed by atoms with Crippen LogP contribution in [0.4, 0.5) is 0 Å². The predicted octanol–water partition coefficient (Wildman–Crippen LogP) is 4.04. The molecule has 1 aromatic carbocycles. The van der Waals surface area contributed by atoms with Crippen LogP contribution in [0.1, 0.15) is 22.6 Å². The highest BCUT2D eigenvalue weighted by Crippen LogP contribution is 2.29. The van der Waals surface area contributed by atoms with E-state index in [1.807, 2.05) is 0 Å². The lowest BCUT2D eigenvalue weighted by Crippen LogP contribution is -1.85. The molecule has 1 aliphatic carbocycles. The minimum absolute atomic E-state index is 0.510. The van der Waals surface area contributed by atoms with Crippen LogP contribution in [-0.2, 0) is 18.7 Å². The number of hydrogen-bond acceptors (Lipinski definition) is 2. The van der Waals surface area contributed by atoms with Gasteiger partial charge in [-0.25, -0.2) is 4.98 Å². The molecule has 0 aliphatic heterocycles. The molecule has 0 amide bonds. The summed E-state index contributed by atoms with van der Waals surface area (Å²) in [6.45, 7) is 0. The molecule has 1 heterocycles. The van der Waals surface area contributed by atoms with Crippen LogP contribution in [0.2, 0.25) is 0 Å². The molecule has 1 nitrogen and oxygen atoms in total. The Balaban J connectivity index is 2.00. The summed E-state index contributed by atoms with van der Waals surface area (Å²) in [5.41, 5.74) is 5.30. The minimum Gasteiger partial charge on any atom is -0.240 e. The van der Waals surface area contributed by atoms with Crippen LogP contribution in [0, 0.1) is 0 Å². The Labute approximate surface area is 104 Å². The smallest absolute Gasteiger partial charge is 0.108 e. The molecule has 1 aromatic heterocycles. The van der Waals surface area contributed by atoms with E-state index in [-0.39, 0.29) is 0 Å². The molecule has 0 saturated heterocycles. The van der Waals surface area contributed by atoms with Crippen LogP contribution in [-0.4, -0.2) is 4.98 Å². The molecule has 0 atom stereocenters. The fraction of sp³-hybridized carbons (Fsp3) is 0.308. The molecule has 0 radical (unpaired) electrons. The molecule has 0 fully saturated rings. The number of rotatable bonds is 2. The number of hydrogen-bond donors (Lipinski definition) is 0. The van der Waals surface area contributed by atoms with Crippen molar-refractivity contribution >= 4 is 22.9 Å². The van der Waals surface area contributed by atoms with Gasteiger partial charge < -0.3 is 0 Å². The van der Waals surface area contributed by atoms with E-state index in [0.29, 0.717) is 5.88 Å². The summed E-state index contributed by atoms with van der Waals surface area (Å²) in [5.74, 6) is 0.510. The van der Waals surface area contributed by atoms with E-state index in [1.165, 1.54) is 36.0 Å². The van der Waals surface area contributed by atoms with Gasteiger partial charge in [0.2, 0.25) is 0 Å². The van der Waals surface area contributed by atoms with Gasteiger partial charge in [-0.1, -0.05) is 12.1 Å². The summed E-state index contributed by atoms with van der Waals surface area (Å²) in [6, 6.07) is 6.71. The second-order valence-electron chi connectivity index (χ2n) is 4.10. The van der Waals surface area contributed by atoms with Gasteiger partial charge in [0.25, 0.3) is 0 Å². The highest BCUT2D eigenvalue weighted by molar-refractivity contribution is 7.10. The maximum Gasteiger partial charge on any atom is 0.108 e. The molecule has 0 bridgehead atoms. The molecule has 3 rings (SSSR count). The van der Waals surface area contributed by atoms with Gasteiger partial charge in [-0.3, -0.25) is 0 Å². The lowest BCUT2D eigenvalue weighted by molar-refractivity contribution is 0.912. The topological polar surface area (TPSA) is 12.9 Å². The number of halogens is 1. The molecule has 2 aromatic rings. The van der Waals surface area contributed by atoms with Crippen LogP contribution < -0.4 is 0 Å². The number of aromatic nitrogens is 1. The number of alkyl halides is 1. The van der Waals surface area contributed by atoms with Gasteiger partial charge >= 0.3 is 0 Å². The molecular weight excluding hydrogens is 238 g/mol. The van der Waals surface area contributed by atoms with Crippen LogP contribution in [0.25, 0.3) is 11.3 Å². The summed E-state index contributed by atoms with van der Waals surface area (Å²) >= 11 is 7.40. The normalized spacial score (nSPS) is 14.1. The van der Waals surface area contributed by atoms with E-state index < -0.39 is 0 Å². The number of thiazole rings is 1. The van der Waals surface area contributed by atoms with Crippen molar-refractivity contribution in [1.82, 2.24) is 4.98 Å². The van der Waals surface area contributed by atoms with Gasteiger partial charge in [0.15, 0.2) is 0 Å². The fourth-order valence-electron chi connectivity index (χ4n) is 2.24. The van der Waals surface area contributed by atoms with Crippen molar-refractivity contribution < 1.29 is 0 Å². The van der Waals surface area contributed by atoms with Gasteiger partial charge in [0.1, 0.15) is 5.01 Å². The third-order valence-corrected chi connectivity index (χ3v) is 4.32. The molecular formula is C13H12ClNS. The van der Waals surface area contributed by atoms with Gasteiger partial charge in [0, 0.05) is 10.9 Å². The fourth-order valence-corrected chi connectivity index (χ4v) is 3.14. The first-order chi connectivity index (χ1) is 7.86. The molecule has 0 saturated carbocycles. The second kappa shape index (κ2) is 4.19. The van der Waals surface area contributed by atoms with Crippen LogP contribution in [0.15, 0.2) is 23.6 Å². The Kier molecular flexibility index (Phi) is 2.70. The van der Waals surface area contributed by atoms with E-state index in [4.69, 9.17) is 11.6 Å². The molecule has 82 valence electrons. The van der Waals surface area contributed by atoms with Crippen molar-refractivity contribution in [3.8, 4) is 11.3 Å². The second-order valence-corrected chi connectivity index (χ2v) is 5.31. The van der Waals surface area contributed by atoms with Crippen molar-refractivity contribution in [3.05, 3.63) is 39.7 Å². The highest BCUT2D eigenvalue weighted by Gasteiger charge is 2.12. The van der Waals surface area contributed by atoms with Gasteiger partial charge in [-0.2, -0.15) is 0 Å². The predicted molar refractivity (Wildman–Crippen MR) is 69.1 cm³/mol. The first kappa shape index (κ1) is 10.3. The Morgan fingerprint density at radius 3 is 2.94 bits per heavy atom. The van der Waals surface area contributed by atoms with Gasteiger partial charge in [-0.15, -0.1) is 22.9 Å². The van der Waals surface area contributed by atoms with Crippen LogP contribution >= 0.6 is 22.9 Å². The van der Waals surface area contributed by atoms with E-state index >= 15 is 0 Å². The van der Waals surface area contributed by atoms with E-state index in [0.717, 1.165) is 10.7 Å². The van der Waals surface area contributed by atoms with E-state index in [2.05, 4.69) is 28.6 Å². The largest absolute Gasteiger partial charge is 0.240 e. The quantitative estimate of drug-likeness (QED) is 0.732. The van der Waals surface area contributed by atoms with Gasteiger partial charge in [-0.05, 0) is 36.5 Å². The Morgan fingerprint density at radius 2 is 2.12 bits per heavy atom. The first-order valence-electron chi connectivity index (χ1n) is 5.49. The average Bonchev–Trinajstić information content (AvgIpc) is 2.96. The summed E-state index contributed by atoms with van der Waals surface area (Å²) in [7, 11) is 0. The minimum atomic E-state index is 0.510. The lowest BCUT2D eigenvalue weighted by atomic mass is 10.1. The molecule has 0 N–H and O–H groups in total. The van der Waals surface area contributed by atoms with Crippen molar-refractivity contribution in [2.24, 2.45) is 0 Å². The zero-order valence-corrected chi connectivity index (χ0v) is 10.4. The number of aryl methyl sites for hydroxylation is 2. The molecule has 16 heavy (non-hydrogen) atoms. The summed E-state index contributed by atoms with van der Waals surface area (Å²) in [5, 5.41) is 3.09. The standard InChI is InChI=1S/C13H12ClNS/c14-7-13-15-12(8-16-13)11-5-4-9-2-1-3-10(9)6-11/h4-6,8H,1-3,7H2. The van der Waals surface area contributed by atoms with E-state index in [9.17, 15) is 0 Å². The summed E-state index contributed by atoms with van der Waals surface area (Å²) in [4.78, 5) is 4.51. The van der Waals surface area contributed by atoms with Crippen LogP contribution in [0.5, 0.6) is 0 Å². The average molecular weight is 250 g/mol. The first-order valence-corrected chi connectivity index (χ1v) is 6.91. The Bertz CT molecular complexity index is 518. The lowest BCUT2D eigenvalue weighted by Gasteiger charge is -2.01. The van der Waals surface area contributed by atoms with Crippen molar-refractivity contribution in [3.63, 3.8) is 0 Å². The van der Waals surface area contributed by atoms with Crippen molar-refractivity contribution in [1.29, 1.82) is 0 Å². The Hall–Kier alpha value is -0.860. The third kappa shape index (κ3) is 1.76. The van der Waals surface area contributed by atoms with E-state index in [1.54, 1.807) is 11.3 Å². The van der Waals surface area contributed by atoms with Crippen molar-refractivity contribution in [2.75, 3.05) is 0 Å². The monoisotopic (exact) mass is 249 g/mol. The molecule has 3 heteroatoms. The number of benzene rings is 1. The Morgan fingerprint density at radius 1 is 1.25 bits per heavy atom. The number of fused-ring (bicyclic) bond motifs is 1. The highest BCUT2D eigenvalue weighted by atomic mass is 35.5. The molecule has 0 unspecified atom stereocenters. The van der Waals surface area contributed by atoms with Gasteiger partial charge in [0.05, 0.1) is 11.6 Å². The summed E-state index contributed by atoms with van der Waals surface area (Å²) in [6.07, 6.45) is 3.75. The SMILES string of the molecule is ClCc1nc(-c2ccc3c(c2)CCC3)cs1. The maximum absolute atomic E-state index is 5.77. The van der Waals surface area contributed by atoms with Crippen LogP contribution in [0.3, 0.4) is 0 Å². The van der Waals surface area contributed by atoms with Crippen molar-refractivity contribution in [2.45, 2.75) is 25.1 Å². The zero-order valence-electron chi connectivity index (χ0n) is 8.87. The zero-order chi connectivity index (χ0) is 11.0. The number of nitrogens with zero attached hydrogens (tertiary/aromatic N) is 1. The summed E-state index contributed by atoms with van der Waals surface area (Å²) < 4.78 is 0. The molecule has 0 spiro atoms. The third-order valence-electron chi connectivity index (χ3n) is 3.06. The molecule has 1 aliphatic rings. The maximum atomic E-state index is 5.77.